The van der Waals surface area contributed by atoms with Crippen molar-refractivity contribution < 1.29 is 9.90 Å². The Hall–Kier alpha value is -0.930. The van der Waals surface area contributed by atoms with E-state index in [-0.39, 0.29) is 5.41 Å². The van der Waals surface area contributed by atoms with Gasteiger partial charge in [0.2, 0.25) is 0 Å². The van der Waals surface area contributed by atoms with Gasteiger partial charge in [-0.25, -0.2) is 4.98 Å². The Labute approximate surface area is 163 Å². The van der Waals surface area contributed by atoms with Crippen LogP contribution in [-0.4, -0.2) is 16.4 Å². The largest absolute Gasteiger partial charge is 0.388 e. The van der Waals surface area contributed by atoms with Crippen LogP contribution in [0.5, 0.6) is 0 Å². The van der Waals surface area contributed by atoms with Crippen LogP contribution in [-0.2, 0) is 6.42 Å². The predicted octanol–water partition coefficient (Wildman–Crippen LogP) is 6.26. The highest BCUT2D eigenvalue weighted by atomic mass is 35.5. The zero-order valence-corrected chi connectivity index (χ0v) is 17.7. The molecule has 4 heteroatoms. The van der Waals surface area contributed by atoms with E-state index >= 15 is 0 Å². The van der Waals surface area contributed by atoms with Crippen molar-refractivity contribution >= 4 is 17.9 Å². The SMILES string of the molecule is CC1(C)Cc2nc(Cl)c(C=O)c(C3CCCC3)c2C(O)C1.CCC(C)C. The second-order valence-corrected chi connectivity index (χ2v) is 9.41. The molecule has 26 heavy (non-hydrogen) atoms. The summed E-state index contributed by atoms with van der Waals surface area (Å²) in [5.41, 5.74) is 3.28. The molecule has 1 heterocycles. The van der Waals surface area contributed by atoms with E-state index in [0.29, 0.717) is 23.1 Å². The van der Waals surface area contributed by atoms with Gasteiger partial charge in [0.15, 0.2) is 6.29 Å². The van der Waals surface area contributed by atoms with E-state index in [1.807, 2.05) is 0 Å². The fourth-order valence-electron chi connectivity index (χ4n) is 4.07. The van der Waals surface area contributed by atoms with Crippen LogP contribution in [0.3, 0.4) is 0 Å². The molecular formula is C22H34ClNO2. The van der Waals surface area contributed by atoms with Gasteiger partial charge in [-0.15, -0.1) is 0 Å². The van der Waals surface area contributed by atoms with Crippen LogP contribution in [0.2, 0.25) is 5.15 Å². The molecule has 0 aromatic carbocycles. The average Bonchev–Trinajstić information content (AvgIpc) is 3.07. The van der Waals surface area contributed by atoms with Crippen molar-refractivity contribution in [2.24, 2.45) is 11.3 Å². The van der Waals surface area contributed by atoms with Gasteiger partial charge in [0.25, 0.3) is 0 Å². The Morgan fingerprint density at radius 1 is 1.27 bits per heavy atom. The van der Waals surface area contributed by atoms with Gasteiger partial charge in [0, 0.05) is 11.3 Å². The fourth-order valence-corrected chi connectivity index (χ4v) is 4.32. The summed E-state index contributed by atoms with van der Waals surface area (Å²) < 4.78 is 0. The summed E-state index contributed by atoms with van der Waals surface area (Å²) in [5, 5.41) is 11.0. The Bertz CT molecular complexity index is 634. The second kappa shape index (κ2) is 8.84. The van der Waals surface area contributed by atoms with E-state index in [4.69, 9.17) is 11.6 Å². The van der Waals surface area contributed by atoms with Gasteiger partial charge in [-0.05, 0) is 48.5 Å². The molecule has 1 aromatic rings. The van der Waals surface area contributed by atoms with Crippen LogP contribution >= 0.6 is 11.6 Å². The number of aromatic nitrogens is 1. The van der Waals surface area contributed by atoms with Crippen LogP contribution in [0.1, 0.15) is 112 Å². The molecule has 1 fully saturated rings. The minimum Gasteiger partial charge on any atom is -0.388 e. The molecule has 0 aliphatic heterocycles. The lowest BCUT2D eigenvalue weighted by Crippen LogP contribution is -2.29. The molecule has 1 atom stereocenters. The number of aliphatic hydroxyl groups is 1. The molecule has 0 bridgehead atoms. The summed E-state index contributed by atoms with van der Waals surface area (Å²) in [4.78, 5) is 16.0. The van der Waals surface area contributed by atoms with Gasteiger partial charge in [-0.3, -0.25) is 4.79 Å². The molecule has 3 rings (SSSR count). The Morgan fingerprint density at radius 2 is 1.85 bits per heavy atom. The van der Waals surface area contributed by atoms with Crippen molar-refractivity contribution in [3.8, 4) is 0 Å². The lowest BCUT2D eigenvalue weighted by atomic mass is 9.72. The van der Waals surface area contributed by atoms with Gasteiger partial charge < -0.3 is 5.11 Å². The number of hydrogen-bond acceptors (Lipinski definition) is 3. The minimum atomic E-state index is -0.539. The number of carbonyl (C=O) groups excluding carboxylic acids is 1. The van der Waals surface area contributed by atoms with Crippen molar-refractivity contribution in [2.45, 2.75) is 91.6 Å². The third-order valence-electron chi connectivity index (χ3n) is 5.77. The highest BCUT2D eigenvalue weighted by Crippen LogP contribution is 2.47. The van der Waals surface area contributed by atoms with Crippen molar-refractivity contribution in [3.63, 3.8) is 0 Å². The highest BCUT2D eigenvalue weighted by Gasteiger charge is 2.37. The third-order valence-corrected chi connectivity index (χ3v) is 6.06. The van der Waals surface area contributed by atoms with Crippen molar-refractivity contribution in [3.05, 3.63) is 27.5 Å². The first-order valence-corrected chi connectivity index (χ1v) is 10.4. The zero-order valence-electron chi connectivity index (χ0n) is 16.9. The number of aliphatic hydroxyl groups excluding tert-OH is 1. The Morgan fingerprint density at radius 3 is 2.35 bits per heavy atom. The van der Waals surface area contributed by atoms with Gasteiger partial charge in [0.1, 0.15) is 5.15 Å². The topological polar surface area (TPSA) is 50.2 Å². The van der Waals surface area contributed by atoms with E-state index in [1.165, 1.54) is 19.3 Å². The highest BCUT2D eigenvalue weighted by molar-refractivity contribution is 6.32. The molecule has 0 radical (unpaired) electrons. The summed E-state index contributed by atoms with van der Waals surface area (Å²) >= 11 is 6.26. The lowest BCUT2D eigenvalue weighted by molar-refractivity contribution is 0.0965. The number of fused-ring (bicyclic) bond motifs is 1. The number of aldehydes is 1. The summed E-state index contributed by atoms with van der Waals surface area (Å²) in [6, 6.07) is 0. The molecule has 1 aromatic heterocycles. The van der Waals surface area contributed by atoms with Crippen LogP contribution < -0.4 is 0 Å². The Balaban J connectivity index is 0.000000431. The summed E-state index contributed by atoms with van der Waals surface area (Å²) in [5.74, 6) is 1.23. The quantitative estimate of drug-likeness (QED) is 0.497. The molecule has 2 aliphatic carbocycles. The smallest absolute Gasteiger partial charge is 0.153 e. The minimum absolute atomic E-state index is 0.0123. The van der Waals surface area contributed by atoms with Crippen LogP contribution in [0.15, 0.2) is 0 Å². The van der Waals surface area contributed by atoms with Crippen molar-refractivity contribution in [1.82, 2.24) is 4.98 Å². The van der Waals surface area contributed by atoms with E-state index in [1.54, 1.807) is 0 Å². The molecule has 1 unspecified atom stereocenters. The zero-order chi connectivity index (χ0) is 19.5. The number of hydrogen-bond donors (Lipinski definition) is 1. The first-order chi connectivity index (χ1) is 12.2. The van der Waals surface area contributed by atoms with Crippen LogP contribution in [0, 0.1) is 11.3 Å². The number of rotatable bonds is 3. The fraction of sp³-hybridized carbons (Fsp3) is 0.727. The lowest BCUT2D eigenvalue weighted by Gasteiger charge is -2.36. The summed E-state index contributed by atoms with van der Waals surface area (Å²) in [6.45, 7) is 10.9. The molecule has 1 N–H and O–H groups in total. The maximum absolute atomic E-state index is 11.5. The standard InChI is InChI=1S/C17H22ClNO2.C5H12/c1-17(2)7-12-15(13(21)8-17)14(10-5-3-4-6-10)11(9-20)16(18)19-12;1-4-5(2)3/h9-10,13,21H,3-8H2,1-2H3;5H,4H2,1-3H3. The van der Waals surface area contributed by atoms with E-state index in [2.05, 4.69) is 39.6 Å². The van der Waals surface area contributed by atoms with Gasteiger partial charge in [-0.1, -0.05) is 65.5 Å². The number of pyridine rings is 1. The van der Waals surface area contributed by atoms with Gasteiger partial charge >= 0.3 is 0 Å². The van der Waals surface area contributed by atoms with Crippen molar-refractivity contribution in [2.75, 3.05) is 0 Å². The van der Waals surface area contributed by atoms with E-state index in [0.717, 1.165) is 48.3 Å². The first-order valence-electron chi connectivity index (χ1n) is 10.1. The van der Waals surface area contributed by atoms with Crippen LogP contribution in [0.25, 0.3) is 0 Å². The predicted molar refractivity (Wildman–Crippen MR) is 108 cm³/mol. The number of carbonyl (C=O) groups is 1. The molecular weight excluding hydrogens is 346 g/mol. The molecule has 1 saturated carbocycles. The van der Waals surface area contributed by atoms with E-state index in [9.17, 15) is 9.90 Å². The third kappa shape index (κ3) is 4.86. The maximum Gasteiger partial charge on any atom is 0.153 e. The van der Waals surface area contributed by atoms with E-state index < -0.39 is 6.10 Å². The molecule has 0 saturated heterocycles. The van der Waals surface area contributed by atoms with Crippen LogP contribution in [0.4, 0.5) is 0 Å². The number of halogens is 1. The van der Waals surface area contributed by atoms with Gasteiger partial charge in [0.05, 0.1) is 11.7 Å². The maximum atomic E-state index is 11.5. The normalized spacial score (nSPS) is 21.9. The molecule has 0 spiro atoms. The molecule has 146 valence electrons. The van der Waals surface area contributed by atoms with Gasteiger partial charge in [-0.2, -0.15) is 0 Å². The average molecular weight is 380 g/mol. The van der Waals surface area contributed by atoms with Crippen molar-refractivity contribution in [1.29, 1.82) is 0 Å². The number of nitrogens with zero attached hydrogens (tertiary/aromatic N) is 1. The second-order valence-electron chi connectivity index (χ2n) is 9.05. The summed E-state index contributed by atoms with van der Waals surface area (Å²) in [6.07, 6.45) is 7.60. The molecule has 0 amide bonds. The molecule has 2 aliphatic rings. The first kappa shape index (κ1) is 21.4. The summed E-state index contributed by atoms with van der Waals surface area (Å²) in [7, 11) is 0. The molecule has 3 nitrogen and oxygen atoms in total. The Kier molecular flexibility index (Phi) is 7.27. The monoisotopic (exact) mass is 379 g/mol.